The van der Waals surface area contributed by atoms with Gasteiger partial charge in [-0.25, -0.2) is 4.79 Å². The lowest BCUT2D eigenvalue weighted by Crippen LogP contribution is -2.45. The number of para-hydroxylation sites is 1. The summed E-state index contributed by atoms with van der Waals surface area (Å²) in [6, 6.07) is 7.24. The number of likely N-dealkylation sites (tertiary alicyclic amines) is 1. The van der Waals surface area contributed by atoms with E-state index < -0.39 is 12.0 Å². The number of anilines is 1. The van der Waals surface area contributed by atoms with Crippen LogP contribution in [0.1, 0.15) is 12.0 Å². The summed E-state index contributed by atoms with van der Waals surface area (Å²) in [5, 5.41) is 9.30. The molecule has 0 saturated carbocycles. The van der Waals surface area contributed by atoms with Gasteiger partial charge in [-0.2, -0.15) is 0 Å². The summed E-state index contributed by atoms with van der Waals surface area (Å²) < 4.78 is 5.23. The average molecular weight is 304 g/mol. The van der Waals surface area contributed by atoms with Crippen molar-refractivity contribution in [2.45, 2.75) is 25.0 Å². The number of benzene rings is 1. The van der Waals surface area contributed by atoms with Crippen LogP contribution < -0.4 is 4.90 Å². The summed E-state index contributed by atoms with van der Waals surface area (Å²) in [6.45, 7) is 1.36. The second-order valence-corrected chi connectivity index (χ2v) is 5.79. The van der Waals surface area contributed by atoms with Gasteiger partial charge >= 0.3 is 5.97 Å². The summed E-state index contributed by atoms with van der Waals surface area (Å²) in [5.41, 5.74) is 2.31. The monoisotopic (exact) mass is 304 g/mol. The number of fused-ring (bicyclic) bond motifs is 1. The topological polar surface area (TPSA) is 70.1 Å². The molecule has 2 unspecified atom stereocenters. The van der Waals surface area contributed by atoms with Gasteiger partial charge < -0.3 is 19.6 Å². The Hall–Kier alpha value is -2.08. The zero-order valence-corrected chi connectivity index (χ0v) is 12.6. The lowest BCUT2D eigenvalue weighted by Gasteiger charge is -2.25. The summed E-state index contributed by atoms with van der Waals surface area (Å²) in [6.07, 6.45) is 1.08. The minimum Gasteiger partial charge on any atom is -0.480 e. The third-order valence-corrected chi connectivity index (χ3v) is 4.51. The van der Waals surface area contributed by atoms with Gasteiger partial charge in [-0.3, -0.25) is 4.79 Å². The number of rotatable bonds is 4. The Morgan fingerprint density at radius 1 is 1.36 bits per heavy atom. The fourth-order valence-electron chi connectivity index (χ4n) is 3.30. The molecule has 3 rings (SSSR count). The summed E-state index contributed by atoms with van der Waals surface area (Å²) >= 11 is 0. The van der Waals surface area contributed by atoms with Crippen LogP contribution in [-0.4, -0.2) is 60.8 Å². The fraction of sp³-hybridized carbons (Fsp3) is 0.500. The van der Waals surface area contributed by atoms with Gasteiger partial charge in [0.1, 0.15) is 6.04 Å². The molecule has 1 aromatic carbocycles. The molecule has 2 aliphatic heterocycles. The van der Waals surface area contributed by atoms with Crippen LogP contribution in [0.25, 0.3) is 0 Å². The van der Waals surface area contributed by atoms with Crippen molar-refractivity contribution in [2.75, 3.05) is 31.6 Å². The molecule has 1 saturated heterocycles. The van der Waals surface area contributed by atoms with E-state index in [0.717, 1.165) is 18.7 Å². The van der Waals surface area contributed by atoms with Crippen molar-refractivity contribution in [1.82, 2.24) is 4.90 Å². The van der Waals surface area contributed by atoms with Gasteiger partial charge in [0.05, 0.1) is 12.6 Å². The van der Waals surface area contributed by atoms with E-state index in [1.807, 2.05) is 23.1 Å². The van der Waals surface area contributed by atoms with Gasteiger partial charge in [-0.1, -0.05) is 18.2 Å². The fourth-order valence-corrected chi connectivity index (χ4v) is 3.30. The van der Waals surface area contributed by atoms with Gasteiger partial charge in [0.15, 0.2) is 0 Å². The molecule has 22 heavy (non-hydrogen) atoms. The molecule has 0 bridgehead atoms. The molecule has 0 aromatic heterocycles. The predicted molar refractivity (Wildman–Crippen MR) is 80.9 cm³/mol. The molecule has 6 nitrogen and oxygen atoms in total. The van der Waals surface area contributed by atoms with E-state index in [1.54, 1.807) is 7.11 Å². The van der Waals surface area contributed by atoms with Gasteiger partial charge in [0.25, 0.3) is 0 Å². The predicted octanol–water partition coefficient (Wildman–Crippen LogP) is 0.750. The maximum Gasteiger partial charge on any atom is 0.326 e. The number of carboxylic acid groups (broad SMARTS) is 1. The van der Waals surface area contributed by atoms with Crippen molar-refractivity contribution in [2.24, 2.45) is 0 Å². The SMILES string of the molecule is COC1CC(C(=O)O)N(C(=O)CN2CCc3ccccc32)C1. The first-order valence-corrected chi connectivity index (χ1v) is 7.48. The maximum absolute atomic E-state index is 12.6. The van der Waals surface area contributed by atoms with E-state index in [4.69, 9.17) is 4.74 Å². The minimum absolute atomic E-state index is 0.149. The number of carbonyl (C=O) groups is 2. The second kappa shape index (κ2) is 5.96. The number of aliphatic carboxylic acids is 1. The largest absolute Gasteiger partial charge is 0.480 e. The number of nitrogens with zero attached hydrogens (tertiary/aromatic N) is 2. The van der Waals surface area contributed by atoms with Crippen molar-refractivity contribution in [3.05, 3.63) is 29.8 Å². The van der Waals surface area contributed by atoms with Crippen LogP contribution in [0.4, 0.5) is 5.69 Å². The zero-order chi connectivity index (χ0) is 15.7. The number of ether oxygens (including phenoxy) is 1. The smallest absolute Gasteiger partial charge is 0.326 e. The Morgan fingerprint density at radius 3 is 2.86 bits per heavy atom. The van der Waals surface area contributed by atoms with Crippen molar-refractivity contribution in [1.29, 1.82) is 0 Å². The van der Waals surface area contributed by atoms with E-state index in [9.17, 15) is 14.7 Å². The molecular formula is C16H20N2O4. The first-order chi connectivity index (χ1) is 10.6. The highest BCUT2D eigenvalue weighted by molar-refractivity contribution is 5.87. The van der Waals surface area contributed by atoms with E-state index in [0.29, 0.717) is 13.0 Å². The van der Waals surface area contributed by atoms with Crippen LogP contribution in [0, 0.1) is 0 Å². The van der Waals surface area contributed by atoms with Gasteiger partial charge in [-0.15, -0.1) is 0 Å². The summed E-state index contributed by atoms with van der Waals surface area (Å²) in [5.74, 6) is -1.11. The van der Waals surface area contributed by atoms with Crippen molar-refractivity contribution < 1.29 is 19.4 Å². The van der Waals surface area contributed by atoms with Crippen LogP contribution in [-0.2, 0) is 20.7 Å². The Bertz CT molecular complexity index is 589. The summed E-state index contributed by atoms with van der Waals surface area (Å²) in [7, 11) is 1.55. The molecule has 0 spiro atoms. The average Bonchev–Trinajstić information content (AvgIpc) is 3.12. The first-order valence-electron chi connectivity index (χ1n) is 7.48. The van der Waals surface area contributed by atoms with E-state index >= 15 is 0 Å². The van der Waals surface area contributed by atoms with E-state index in [-0.39, 0.29) is 18.6 Å². The molecule has 2 heterocycles. The lowest BCUT2D eigenvalue weighted by molar-refractivity contribution is -0.147. The number of amides is 1. The summed E-state index contributed by atoms with van der Waals surface area (Å²) in [4.78, 5) is 27.4. The van der Waals surface area contributed by atoms with Crippen LogP contribution >= 0.6 is 0 Å². The second-order valence-electron chi connectivity index (χ2n) is 5.79. The highest BCUT2D eigenvalue weighted by Crippen LogP contribution is 2.28. The molecule has 118 valence electrons. The van der Waals surface area contributed by atoms with Crippen molar-refractivity contribution >= 4 is 17.6 Å². The molecule has 1 aromatic rings. The van der Waals surface area contributed by atoms with Gasteiger partial charge in [-0.05, 0) is 18.1 Å². The lowest BCUT2D eigenvalue weighted by atomic mass is 10.2. The molecule has 0 aliphatic carbocycles. The van der Waals surface area contributed by atoms with E-state index in [1.165, 1.54) is 10.5 Å². The standard InChI is InChI=1S/C16H20N2O4/c1-22-12-8-14(16(20)21)18(9-12)15(19)10-17-7-6-11-4-2-3-5-13(11)17/h2-5,12,14H,6-10H2,1H3,(H,20,21). The Morgan fingerprint density at radius 2 is 2.14 bits per heavy atom. The molecule has 1 fully saturated rings. The highest BCUT2D eigenvalue weighted by atomic mass is 16.5. The number of hydrogen-bond donors (Lipinski definition) is 1. The third kappa shape index (κ3) is 2.66. The molecule has 6 heteroatoms. The number of carbonyl (C=O) groups excluding carboxylic acids is 1. The van der Waals surface area contributed by atoms with E-state index in [2.05, 4.69) is 6.07 Å². The minimum atomic E-state index is -0.963. The van der Waals surface area contributed by atoms with Crippen LogP contribution in [0.3, 0.4) is 0 Å². The molecular weight excluding hydrogens is 284 g/mol. The molecule has 2 aliphatic rings. The number of carboxylic acids is 1. The number of methoxy groups -OCH3 is 1. The Balaban J connectivity index is 1.71. The zero-order valence-electron chi connectivity index (χ0n) is 12.6. The van der Waals surface area contributed by atoms with Crippen molar-refractivity contribution in [3.63, 3.8) is 0 Å². The van der Waals surface area contributed by atoms with Gasteiger partial charge in [0.2, 0.25) is 5.91 Å². The Labute approximate surface area is 129 Å². The molecule has 1 N–H and O–H groups in total. The number of hydrogen-bond acceptors (Lipinski definition) is 4. The third-order valence-electron chi connectivity index (χ3n) is 4.51. The van der Waals surface area contributed by atoms with Crippen LogP contribution in [0.15, 0.2) is 24.3 Å². The van der Waals surface area contributed by atoms with Crippen LogP contribution in [0.5, 0.6) is 0 Å². The normalized spacial score (nSPS) is 23.7. The molecule has 0 radical (unpaired) electrons. The maximum atomic E-state index is 12.6. The van der Waals surface area contributed by atoms with Crippen LogP contribution in [0.2, 0.25) is 0 Å². The van der Waals surface area contributed by atoms with Crippen molar-refractivity contribution in [3.8, 4) is 0 Å². The quantitative estimate of drug-likeness (QED) is 0.889. The first kappa shape index (κ1) is 14.8. The highest BCUT2D eigenvalue weighted by Gasteiger charge is 2.40. The molecule has 2 atom stereocenters. The van der Waals surface area contributed by atoms with Gasteiger partial charge in [0, 0.05) is 32.3 Å². The Kier molecular flexibility index (Phi) is 4.02. The molecule has 1 amide bonds.